The molecule has 0 aliphatic heterocycles. The van der Waals surface area contributed by atoms with E-state index < -0.39 is 0 Å². The van der Waals surface area contributed by atoms with Crippen molar-refractivity contribution in [2.75, 3.05) is 11.5 Å². The van der Waals surface area contributed by atoms with E-state index in [1.54, 1.807) is 0 Å². The second-order valence-corrected chi connectivity index (χ2v) is 4.83. The maximum absolute atomic E-state index is 11.5. The van der Waals surface area contributed by atoms with Crippen LogP contribution in [0.2, 0.25) is 0 Å². The lowest BCUT2D eigenvalue weighted by molar-refractivity contribution is -0.119. The van der Waals surface area contributed by atoms with Crippen LogP contribution in [0.3, 0.4) is 0 Å². The lowest BCUT2D eigenvalue weighted by Gasteiger charge is -2.16. The minimum Gasteiger partial charge on any atom is -0.368 e. The fraction of sp³-hybridized carbons (Fsp3) is 0.667. The van der Waals surface area contributed by atoms with Crippen LogP contribution in [-0.2, 0) is 4.79 Å². The maximum atomic E-state index is 11.5. The molecule has 0 aromatic carbocycles. The van der Waals surface area contributed by atoms with Crippen molar-refractivity contribution in [1.82, 2.24) is 20.5 Å². The van der Waals surface area contributed by atoms with Crippen LogP contribution in [0.1, 0.15) is 20.8 Å². The molecule has 0 radical (unpaired) electrons. The Morgan fingerprint density at radius 3 is 2.75 bits per heavy atom. The second kappa shape index (κ2) is 5.74. The highest BCUT2D eigenvalue weighted by atomic mass is 32.2. The van der Waals surface area contributed by atoms with Crippen molar-refractivity contribution < 1.29 is 4.79 Å². The largest absolute Gasteiger partial charge is 0.368 e. The zero-order valence-corrected chi connectivity index (χ0v) is 10.5. The quantitative estimate of drug-likeness (QED) is 0.659. The molecule has 90 valence electrons. The average molecular weight is 243 g/mol. The molecule has 1 aromatic heterocycles. The number of H-pyrrole nitrogens is 1. The van der Waals surface area contributed by atoms with Gasteiger partial charge in [0.25, 0.3) is 0 Å². The summed E-state index contributed by atoms with van der Waals surface area (Å²) in [5.41, 5.74) is 5.36. The van der Waals surface area contributed by atoms with Gasteiger partial charge in [-0.2, -0.15) is 4.98 Å². The van der Waals surface area contributed by atoms with E-state index in [1.807, 2.05) is 6.92 Å². The van der Waals surface area contributed by atoms with E-state index in [-0.39, 0.29) is 17.9 Å². The summed E-state index contributed by atoms with van der Waals surface area (Å²) in [6, 6.07) is 0.172. The summed E-state index contributed by atoms with van der Waals surface area (Å²) in [6.07, 6.45) is 0. The Bertz CT molecular complexity index is 351. The number of carbonyl (C=O) groups excluding carboxylic acids is 1. The monoisotopic (exact) mass is 243 g/mol. The molecule has 1 atom stereocenters. The fourth-order valence-corrected chi connectivity index (χ4v) is 1.53. The molecule has 0 bridgehead atoms. The number of thioether (sulfide) groups is 1. The molecule has 0 saturated carbocycles. The van der Waals surface area contributed by atoms with E-state index in [0.717, 1.165) is 0 Å². The number of rotatable bonds is 5. The van der Waals surface area contributed by atoms with Gasteiger partial charge in [0.1, 0.15) is 0 Å². The number of aromatic nitrogens is 3. The van der Waals surface area contributed by atoms with Gasteiger partial charge >= 0.3 is 0 Å². The summed E-state index contributed by atoms with van der Waals surface area (Å²) in [6.45, 7) is 6.11. The molecular weight excluding hydrogens is 226 g/mol. The smallest absolute Gasteiger partial charge is 0.230 e. The number of amides is 1. The molecule has 1 rings (SSSR count). The summed E-state index contributed by atoms with van der Waals surface area (Å²) in [7, 11) is 0. The first kappa shape index (κ1) is 12.8. The Labute approximate surface area is 98.8 Å². The Morgan fingerprint density at radius 2 is 2.25 bits per heavy atom. The van der Waals surface area contributed by atoms with Crippen LogP contribution in [0.25, 0.3) is 0 Å². The van der Waals surface area contributed by atoms with Gasteiger partial charge in [0, 0.05) is 6.04 Å². The van der Waals surface area contributed by atoms with E-state index in [1.165, 1.54) is 11.8 Å². The van der Waals surface area contributed by atoms with Crippen LogP contribution in [-0.4, -0.2) is 32.9 Å². The van der Waals surface area contributed by atoms with Crippen molar-refractivity contribution in [3.8, 4) is 0 Å². The fourth-order valence-electron chi connectivity index (χ4n) is 0.915. The molecule has 0 aliphatic rings. The van der Waals surface area contributed by atoms with Gasteiger partial charge in [-0.05, 0) is 12.8 Å². The number of nitrogens with two attached hydrogens (primary N) is 1. The SMILES string of the molecule is CC(C)C(C)NC(=O)CSc1n[nH]c(N)n1. The van der Waals surface area contributed by atoms with Crippen LogP contribution in [0.15, 0.2) is 5.16 Å². The van der Waals surface area contributed by atoms with Gasteiger partial charge in [-0.3, -0.25) is 4.79 Å². The van der Waals surface area contributed by atoms with Crippen LogP contribution in [0, 0.1) is 5.92 Å². The van der Waals surface area contributed by atoms with Gasteiger partial charge in [-0.15, -0.1) is 5.10 Å². The highest BCUT2D eigenvalue weighted by Gasteiger charge is 2.11. The van der Waals surface area contributed by atoms with Crippen LogP contribution in [0.4, 0.5) is 5.95 Å². The molecule has 1 amide bonds. The predicted molar refractivity (Wildman–Crippen MR) is 64.0 cm³/mol. The third-order valence-electron chi connectivity index (χ3n) is 2.20. The molecule has 4 N–H and O–H groups in total. The lowest BCUT2D eigenvalue weighted by atomic mass is 10.1. The topological polar surface area (TPSA) is 96.7 Å². The number of nitrogen functional groups attached to an aromatic ring is 1. The van der Waals surface area contributed by atoms with E-state index >= 15 is 0 Å². The molecule has 1 unspecified atom stereocenters. The summed E-state index contributed by atoms with van der Waals surface area (Å²) >= 11 is 1.26. The zero-order valence-electron chi connectivity index (χ0n) is 9.65. The number of anilines is 1. The normalized spacial score (nSPS) is 12.8. The van der Waals surface area contributed by atoms with Crippen molar-refractivity contribution in [2.24, 2.45) is 5.92 Å². The maximum Gasteiger partial charge on any atom is 0.230 e. The van der Waals surface area contributed by atoms with Crippen molar-refractivity contribution >= 4 is 23.6 Å². The first-order valence-corrected chi connectivity index (χ1v) is 6.07. The summed E-state index contributed by atoms with van der Waals surface area (Å²) in [4.78, 5) is 15.4. The van der Waals surface area contributed by atoms with Crippen LogP contribution >= 0.6 is 11.8 Å². The molecule has 0 aliphatic carbocycles. The van der Waals surface area contributed by atoms with Crippen molar-refractivity contribution in [3.63, 3.8) is 0 Å². The predicted octanol–water partition coefficient (Wildman–Crippen LogP) is 0.640. The van der Waals surface area contributed by atoms with E-state index in [0.29, 0.717) is 16.8 Å². The second-order valence-electron chi connectivity index (χ2n) is 3.89. The Morgan fingerprint density at radius 1 is 1.56 bits per heavy atom. The number of nitrogens with zero attached hydrogens (tertiary/aromatic N) is 2. The summed E-state index contributed by atoms with van der Waals surface area (Å²) in [5.74, 6) is 0.968. The Hall–Kier alpha value is -1.24. The highest BCUT2D eigenvalue weighted by molar-refractivity contribution is 7.99. The summed E-state index contributed by atoms with van der Waals surface area (Å²) in [5, 5.41) is 9.73. The van der Waals surface area contributed by atoms with Crippen molar-refractivity contribution in [3.05, 3.63) is 0 Å². The minimum absolute atomic E-state index is 0.0189. The third-order valence-corrected chi connectivity index (χ3v) is 3.05. The third kappa shape index (κ3) is 4.09. The van der Waals surface area contributed by atoms with Crippen LogP contribution in [0.5, 0.6) is 0 Å². The number of aromatic amines is 1. The van der Waals surface area contributed by atoms with E-state index in [2.05, 4.69) is 34.3 Å². The van der Waals surface area contributed by atoms with Gasteiger partial charge in [-0.25, -0.2) is 5.10 Å². The van der Waals surface area contributed by atoms with Crippen molar-refractivity contribution in [1.29, 1.82) is 0 Å². The first-order chi connectivity index (χ1) is 7.49. The number of hydrogen-bond donors (Lipinski definition) is 3. The average Bonchev–Trinajstić information content (AvgIpc) is 2.61. The zero-order chi connectivity index (χ0) is 12.1. The molecule has 6 nitrogen and oxygen atoms in total. The van der Waals surface area contributed by atoms with Gasteiger partial charge < -0.3 is 11.1 Å². The number of carbonyl (C=O) groups is 1. The number of hydrogen-bond acceptors (Lipinski definition) is 5. The molecule has 1 heterocycles. The molecule has 0 fully saturated rings. The highest BCUT2D eigenvalue weighted by Crippen LogP contribution is 2.12. The molecule has 0 saturated heterocycles. The lowest BCUT2D eigenvalue weighted by Crippen LogP contribution is -2.37. The van der Waals surface area contributed by atoms with Crippen molar-refractivity contribution in [2.45, 2.75) is 32.0 Å². The Kier molecular flexibility index (Phi) is 4.60. The first-order valence-electron chi connectivity index (χ1n) is 5.09. The van der Waals surface area contributed by atoms with Gasteiger partial charge in [0.05, 0.1) is 5.75 Å². The molecule has 7 heteroatoms. The molecular formula is C9H17N5OS. The van der Waals surface area contributed by atoms with Gasteiger partial charge in [-0.1, -0.05) is 25.6 Å². The van der Waals surface area contributed by atoms with Gasteiger partial charge in [0.15, 0.2) is 0 Å². The summed E-state index contributed by atoms with van der Waals surface area (Å²) < 4.78 is 0. The molecule has 1 aromatic rings. The minimum atomic E-state index is -0.0189. The molecule has 0 spiro atoms. The molecule has 16 heavy (non-hydrogen) atoms. The Balaban J connectivity index is 2.30. The van der Waals surface area contributed by atoms with E-state index in [9.17, 15) is 4.79 Å². The van der Waals surface area contributed by atoms with E-state index in [4.69, 9.17) is 5.73 Å². The standard InChI is InChI=1S/C9H17N5OS/c1-5(2)6(3)11-7(15)4-16-9-12-8(10)13-14-9/h5-6H,4H2,1-3H3,(H,11,15)(H3,10,12,13,14). The van der Waals surface area contributed by atoms with Crippen LogP contribution < -0.4 is 11.1 Å². The number of nitrogens with one attached hydrogen (secondary N) is 2. The van der Waals surface area contributed by atoms with Gasteiger partial charge in [0.2, 0.25) is 17.0 Å².